The number of carbonyl (C=O) groups is 1. The molecule has 4 aromatic rings. The molecule has 25 heavy (non-hydrogen) atoms. The Morgan fingerprint density at radius 1 is 1.28 bits per heavy atom. The topological polar surface area (TPSA) is 86.2 Å². The Labute approximate surface area is 141 Å². The SMILES string of the molecule is CN(C(=O)Cn1cnc2c(oc3ccccc32)c1=O)c1ccn(C)n1. The number of anilines is 1. The van der Waals surface area contributed by atoms with E-state index in [1.54, 1.807) is 37.1 Å². The zero-order valence-electron chi connectivity index (χ0n) is 13.7. The summed E-state index contributed by atoms with van der Waals surface area (Å²) in [6.07, 6.45) is 3.12. The number of aryl methyl sites for hydroxylation is 1. The van der Waals surface area contributed by atoms with Gasteiger partial charge in [0.25, 0.3) is 5.56 Å². The van der Waals surface area contributed by atoms with E-state index in [-0.39, 0.29) is 23.6 Å². The number of nitrogens with zero attached hydrogens (tertiary/aromatic N) is 5. The molecule has 4 rings (SSSR count). The van der Waals surface area contributed by atoms with E-state index in [2.05, 4.69) is 10.1 Å². The number of likely N-dealkylation sites (N-methyl/N-ethyl adjacent to an activating group) is 1. The molecular formula is C17H15N5O3. The average molecular weight is 337 g/mol. The highest BCUT2D eigenvalue weighted by Gasteiger charge is 2.17. The smallest absolute Gasteiger partial charge is 0.297 e. The van der Waals surface area contributed by atoms with Crippen LogP contribution in [0.25, 0.3) is 22.1 Å². The van der Waals surface area contributed by atoms with E-state index in [9.17, 15) is 9.59 Å². The second-order valence-corrected chi connectivity index (χ2v) is 5.75. The molecule has 0 aliphatic rings. The van der Waals surface area contributed by atoms with Crippen molar-refractivity contribution in [3.05, 3.63) is 53.2 Å². The predicted octanol–water partition coefficient (Wildman–Crippen LogP) is 1.54. The van der Waals surface area contributed by atoms with Crippen LogP contribution in [-0.2, 0) is 18.4 Å². The van der Waals surface area contributed by atoms with Crippen molar-refractivity contribution in [2.45, 2.75) is 6.54 Å². The summed E-state index contributed by atoms with van der Waals surface area (Å²) in [6.45, 7) is -0.147. The molecule has 0 bridgehead atoms. The van der Waals surface area contributed by atoms with Crippen molar-refractivity contribution in [1.82, 2.24) is 19.3 Å². The van der Waals surface area contributed by atoms with Crippen LogP contribution in [0.5, 0.6) is 0 Å². The lowest BCUT2D eigenvalue weighted by Gasteiger charge is -2.14. The lowest BCUT2D eigenvalue weighted by atomic mass is 10.2. The lowest BCUT2D eigenvalue weighted by Crippen LogP contribution is -2.34. The molecule has 0 saturated carbocycles. The third kappa shape index (κ3) is 2.47. The van der Waals surface area contributed by atoms with Gasteiger partial charge in [-0.1, -0.05) is 12.1 Å². The fourth-order valence-corrected chi connectivity index (χ4v) is 2.69. The summed E-state index contributed by atoms with van der Waals surface area (Å²) < 4.78 is 8.46. The minimum atomic E-state index is -0.385. The van der Waals surface area contributed by atoms with Crippen molar-refractivity contribution < 1.29 is 9.21 Å². The van der Waals surface area contributed by atoms with E-state index >= 15 is 0 Å². The van der Waals surface area contributed by atoms with Gasteiger partial charge >= 0.3 is 0 Å². The van der Waals surface area contributed by atoms with Crippen LogP contribution in [0.4, 0.5) is 5.82 Å². The molecular weight excluding hydrogens is 322 g/mol. The van der Waals surface area contributed by atoms with E-state index in [4.69, 9.17) is 4.42 Å². The average Bonchev–Trinajstić information content (AvgIpc) is 3.20. The zero-order valence-corrected chi connectivity index (χ0v) is 13.7. The van der Waals surface area contributed by atoms with Gasteiger partial charge in [-0.2, -0.15) is 5.10 Å². The minimum absolute atomic E-state index is 0.147. The molecule has 0 aliphatic carbocycles. The van der Waals surface area contributed by atoms with Crippen LogP contribution in [-0.4, -0.2) is 32.3 Å². The van der Waals surface area contributed by atoms with Crippen LogP contribution in [0.2, 0.25) is 0 Å². The van der Waals surface area contributed by atoms with E-state index < -0.39 is 0 Å². The molecule has 0 saturated heterocycles. The second kappa shape index (κ2) is 5.59. The first-order chi connectivity index (χ1) is 12.0. The van der Waals surface area contributed by atoms with Crippen LogP contribution in [0.3, 0.4) is 0 Å². The molecule has 0 radical (unpaired) electrons. The van der Waals surface area contributed by atoms with E-state index in [1.807, 2.05) is 18.2 Å². The van der Waals surface area contributed by atoms with Gasteiger partial charge in [0, 0.05) is 31.7 Å². The van der Waals surface area contributed by atoms with E-state index in [0.717, 1.165) is 5.39 Å². The fourth-order valence-electron chi connectivity index (χ4n) is 2.69. The van der Waals surface area contributed by atoms with Crippen molar-refractivity contribution >= 4 is 33.8 Å². The summed E-state index contributed by atoms with van der Waals surface area (Å²) in [5.41, 5.74) is 0.861. The molecule has 1 aromatic carbocycles. The van der Waals surface area contributed by atoms with Gasteiger partial charge in [-0.3, -0.25) is 23.7 Å². The van der Waals surface area contributed by atoms with Gasteiger partial charge in [-0.15, -0.1) is 0 Å². The monoisotopic (exact) mass is 337 g/mol. The van der Waals surface area contributed by atoms with Crippen LogP contribution in [0.15, 0.2) is 52.1 Å². The summed E-state index contributed by atoms with van der Waals surface area (Å²) in [6, 6.07) is 9.03. The van der Waals surface area contributed by atoms with Gasteiger partial charge in [-0.25, -0.2) is 4.98 Å². The van der Waals surface area contributed by atoms with E-state index in [1.165, 1.54) is 15.8 Å². The largest absolute Gasteiger partial charge is 0.448 e. The Morgan fingerprint density at radius 3 is 2.84 bits per heavy atom. The molecule has 0 unspecified atom stereocenters. The van der Waals surface area contributed by atoms with Crippen molar-refractivity contribution in [3.63, 3.8) is 0 Å². The van der Waals surface area contributed by atoms with Crippen molar-refractivity contribution in [2.75, 3.05) is 11.9 Å². The molecule has 126 valence electrons. The highest BCUT2D eigenvalue weighted by Crippen LogP contribution is 2.24. The first-order valence-corrected chi connectivity index (χ1v) is 7.67. The number of aromatic nitrogens is 4. The molecule has 8 nitrogen and oxygen atoms in total. The number of rotatable bonds is 3. The number of hydrogen-bond acceptors (Lipinski definition) is 5. The Kier molecular flexibility index (Phi) is 3.38. The predicted molar refractivity (Wildman–Crippen MR) is 92.4 cm³/mol. The first-order valence-electron chi connectivity index (χ1n) is 7.67. The number of furan rings is 1. The van der Waals surface area contributed by atoms with Gasteiger partial charge in [0.1, 0.15) is 17.6 Å². The number of para-hydroxylation sites is 1. The van der Waals surface area contributed by atoms with E-state index in [0.29, 0.717) is 16.9 Å². The van der Waals surface area contributed by atoms with Crippen LogP contribution < -0.4 is 10.5 Å². The molecule has 3 aromatic heterocycles. The minimum Gasteiger partial charge on any atom is -0.448 e. The van der Waals surface area contributed by atoms with Gasteiger partial charge in [-0.05, 0) is 12.1 Å². The molecule has 1 amide bonds. The maximum atomic E-state index is 12.6. The van der Waals surface area contributed by atoms with Gasteiger partial charge in [0.15, 0.2) is 5.82 Å². The number of amides is 1. The van der Waals surface area contributed by atoms with Crippen molar-refractivity contribution in [1.29, 1.82) is 0 Å². The van der Waals surface area contributed by atoms with Gasteiger partial charge < -0.3 is 4.42 Å². The molecule has 0 spiro atoms. The third-order valence-electron chi connectivity index (χ3n) is 4.07. The van der Waals surface area contributed by atoms with Gasteiger partial charge in [0.2, 0.25) is 11.5 Å². The van der Waals surface area contributed by atoms with Crippen LogP contribution >= 0.6 is 0 Å². The first kappa shape index (κ1) is 15.1. The molecule has 0 aliphatic heterocycles. The van der Waals surface area contributed by atoms with Crippen LogP contribution in [0, 0.1) is 0 Å². The lowest BCUT2D eigenvalue weighted by molar-refractivity contribution is -0.119. The normalized spacial score (nSPS) is 11.3. The fraction of sp³-hybridized carbons (Fsp3) is 0.176. The third-order valence-corrected chi connectivity index (χ3v) is 4.07. The Balaban J connectivity index is 1.70. The Bertz CT molecular complexity index is 1150. The zero-order chi connectivity index (χ0) is 17.6. The number of carbonyl (C=O) groups excluding carboxylic acids is 1. The molecule has 0 N–H and O–H groups in total. The summed E-state index contributed by atoms with van der Waals surface area (Å²) in [4.78, 5) is 30.8. The summed E-state index contributed by atoms with van der Waals surface area (Å²) in [5.74, 6) is 0.233. The summed E-state index contributed by atoms with van der Waals surface area (Å²) in [7, 11) is 3.38. The Hall–Kier alpha value is -3.42. The Morgan fingerprint density at radius 2 is 2.08 bits per heavy atom. The standard InChI is InChI=1S/C17H15N5O3/c1-20-8-7-13(19-20)21(2)14(23)9-22-10-18-15-11-5-3-4-6-12(11)25-16(15)17(22)24/h3-8,10H,9H2,1-2H3. The quantitative estimate of drug-likeness (QED) is 0.566. The van der Waals surface area contributed by atoms with Crippen molar-refractivity contribution in [3.8, 4) is 0 Å². The molecule has 0 fully saturated rings. The van der Waals surface area contributed by atoms with Gasteiger partial charge in [0.05, 0.1) is 6.33 Å². The summed E-state index contributed by atoms with van der Waals surface area (Å²) >= 11 is 0. The van der Waals surface area contributed by atoms with Crippen molar-refractivity contribution in [2.24, 2.45) is 7.05 Å². The molecule has 0 atom stereocenters. The highest BCUT2D eigenvalue weighted by atomic mass is 16.3. The number of fused-ring (bicyclic) bond motifs is 3. The second-order valence-electron chi connectivity index (χ2n) is 5.75. The number of benzene rings is 1. The maximum Gasteiger partial charge on any atom is 0.297 e. The summed E-state index contributed by atoms with van der Waals surface area (Å²) in [5, 5.41) is 4.95. The maximum absolute atomic E-state index is 12.6. The molecule has 8 heteroatoms. The number of hydrogen-bond donors (Lipinski definition) is 0. The molecule has 3 heterocycles. The van der Waals surface area contributed by atoms with Crippen LogP contribution in [0.1, 0.15) is 0 Å². The highest BCUT2D eigenvalue weighted by molar-refractivity contribution is 6.01.